The number of hydrogen-bond donors (Lipinski definition) is 1. The first-order valence-electron chi connectivity index (χ1n) is 5.50. The summed E-state index contributed by atoms with van der Waals surface area (Å²) in [6.07, 6.45) is -2.78. The summed E-state index contributed by atoms with van der Waals surface area (Å²) < 4.78 is 42.7. The average Bonchev–Trinajstić information content (AvgIpc) is 2.39. The molecule has 0 radical (unpaired) electrons. The van der Waals surface area contributed by atoms with Crippen molar-refractivity contribution in [2.24, 2.45) is 5.73 Å². The molecule has 0 bridgehead atoms. The molecular formula is C13H11F3N2O. The van der Waals surface area contributed by atoms with E-state index >= 15 is 0 Å². The molecule has 1 aromatic heterocycles. The van der Waals surface area contributed by atoms with Gasteiger partial charge < -0.3 is 10.5 Å². The highest BCUT2D eigenvalue weighted by Crippen LogP contribution is 2.31. The molecule has 0 amide bonds. The molecule has 100 valence electrons. The number of nitrogens with zero attached hydrogens (tertiary/aromatic N) is 1. The van der Waals surface area contributed by atoms with E-state index in [1.807, 2.05) is 0 Å². The first kappa shape index (κ1) is 13.4. The molecule has 1 aromatic carbocycles. The van der Waals surface area contributed by atoms with Crippen LogP contribution in [-0.2, 0) is 12.7 Å². The molecule has 0 saturated heterocycles. The number of alkyl halides is 3. The van der Waals surface area contributed by atoms with Crippen LogP contribution in [0.4, 0.5) is 13.2 Å². The molecule has 0 spiro atoms. The van der Waals surface area contributed by atoms with Crippen LogP contribution in [0.25, 0.3) is 0 Å². The zero-order valence-corrected chi connectivity index (χ0v) is 9.82. The number of rotatable bonds is 3. The SMILES string of the molecule is NCc1ncccc1Oc1ccc(C(F)(F)F)cc1. The number of pyridine rings is 1. The maximum atomic E-state index is 12.4. The summed E-state index contributed by atoms with van der Waals surface area (Å²) in [4.78, 5) is 4.02. The van der Waals surface area contributed by atoms with Gasteiger partial charge in [0.25, 0.3) is 0 Å². The van der Waals surface area contributed by atoms with Gasteiger partial charge in [0.15, 0.2) is 0 Å². The fourth-order valence-corrected chi connectivity index (χ4v) is 1.51. The van der Waals surface area contributed by atoms with E-state index in [0.29, 0.717) is 17.2 Å². The lowest BCUT2D eigenvalue weighted by molar-refractivity contribution is -0.137. The van der Waals surface area contributed by atoms with Gasteiger partial charge in [0.2, 0.25) is 0 Å². The number of ether oxygens (including phenoxy) is 1. The molecule has 0 aliphatic carbocycles. The van der Waals surface area contributed by atoms with Gasteiger partial charge in [0.1, 0.15) is 11.5 Å². The van der Waals surface area contributed by atoms with Gasteiger partial charge in [-0.2, -0.15) is 13.2 Å². The molecule has 2 aromatic rings. The van der Waals surface area contributed by atoms with Gasteiger partial charge in [-0.15, -0.1) is 0 Å². The Morgan fingerprint density at radius 2 is 1.79 bits per heavy atom. The standard InChI is InChI=1S/C13H11F3N2O/c14-13(15,16)9-3-5-10(6-4-9)19-12-2-1-7-18-11(12)8-17/h1-7H,8,17H2. The van der Waals surface area contributed by atoms with E-state index < -0.39 is 11.7 Å². The van der Waals surface area contributed by atoms with E-state index in [9.17, 15) is 13.2 Å². The third-order valence-corrected chi connectivity index (χ3v) is 2.45. The minimum atomic E-state index is -4.35. The highest BCUT2D eigenvalue weighted by molar-refractivity contribution is 5.35. The van der Waals surface area contributed by atoms with Gasteiger partial charge in [-0.1, -0.05) is 0 Å². The first-order chi connectivity index (χ1) is 9.00. The van der Waals surface area contributed by atoms with Crippen LogP contribution in [0.3, 0.4) is 0 Å². The Morgan fingerprint density at radius 3 is 2.37 bits per heavy atom. The Labute approximate surface area is 107 Å². The maximum Gasteiger partial charge on any atom is 0.416 e. The van der Waals surface area contributed by atoms with Crippen molar-refractivity contribution < 1.29 is 17.9 Å². The van der Waals surface area contributed by atoms with Crippen LogP contribution >= 0.6 is 0 Å². The van der Waals surface area contributed by atoms with Crippen LogP contribution in [-0.4, -0.2) is 4.98 Å². The van der Waals surface area contributed by atoms with Crippen molar-refractivity contribution in [3.8, 4) is 11.5 Å². The van der Waals surface area contributed by atoms with E-state index in [4.69, 9.17) is 10.5 Å². The number of halogens is 3. The van der Waals surface area contributed by atoms with Gasteiger partial charge in [0.05, 0.1) is 11.3 Å². The minimum absolute atomic E-state index is 0.191. The van der Waals surface area contributed by atoms with Crippen molar-refractivity contribution in [2.45, 2.75) is 12.7 Å². The molecular weight excluding hydrogens is 257 g/mol. The third kappa shape index (κ3) is 3.23. The summed E-state index contributed by atoms with van der Waals surface area (Å²) in [6, 6.07) is 7.78. The van der Waals surface area contributed by atoms with Crippen LogP contribution < -0.4 is 10.5 Å². The van der Waals surface area contributed by atoms with Crippen molar-refractivity contribution in [3.63, 3.8) is 0 Å². The zero-order chi connectivity index (χ0) is 13.9. The largest absolute Gasteiger partial charge is 0.455 e. The zero-order valence-electron chi connectivity index (χ0n) is 9.82. The molecule has 3 nitrogen and oxygen atoms in total. The van der Waals surface area contributed by atoms with Crippen molar-refractivity contribution in [1.82, 2.24) is 4.98 Å². The van der Waals surface area contributed by atoms with E-state index in [0.717, 1.165) is 12.1 Å². The summed E-state index contributed by atoms with van der Waals surface area (Å²) in [7, 11) is 0. The Bertz CT molecular complexity index is 553. The van der Waals surface area contributed by atoms with E-state index in [1.54, 1.807) is 18.3 Å². The highest BCUT2D eigenvalue weighted by atomic mass is 19.4. The van der Waals surface area contributed by atoms with E-state index in [2.05, 4.69) is 4.98 Å². The summed E-state index contributed by atoms with van der Waals surface area (Å²) in [6.45, 7) is 0.191. The molecule has 0 unspecified atom stereocenters. The summed E-state index contributed by atoms with van der Waals surface area (Å²) in [5, 5.41) is 0. The quantitative estimate of drug-likeness (QED) is 0.928. The predicted octanol–water partition coefficient (Wildman–Crippen LogP) is 3.35. The number of nitrogens with two attached hydrogens (primary N) is 1. The predicted molar refractivity (Wildman–Crippen MR) is 63.6 cm³/mol. The Hall–Kier alpha value is -2.08. The normalized spacial score (nSPS) is 11.4. The number of aromatic nitrogens is 1. The van der Waals surface area contributed by atoms with Crippen LogP contribution in [0.15, 0.2) is 42.6 Å². The Kier molecular flexibility index (Phi) is 3.71. The van der Waals surface area contributed by atoms with Crippen molar-refractivity contribution in [1.29, 1.82) is 0 Å². The molecule has 0 aliphatic heterocycles. The lowest BCUT2D eigenvalue weighted by Gasteiger charge is -2.10. The molecule has 0 aliphatic rings. The van der Waals surface area contributed by atoms with Gasteiger partial charge >= 0.3 is 6.18 Å². The van der Waals surface area contributed by atoms with Crippen LogP contribution in [0.2, 0.25) is 0 Å². The smallest absolute Gasteiger partial charge is 0.416 e. The van der Waals surface area contributed by atoms with Crippen molar-refractivity contribution >= 4 is 0 Å². The van der Waals surface area contributed by atoms with E-state index in [1.165, 1.54) is 12.1 Å². The molecule has 19 heavy (non-hydrogen) atoms. The molecule has 1 heterocycles. The molecule has 6 heteroatoms. The summed E-state index contributed by atoms with van der Waals surface area (Å²) in [5.41, 5.74) is 5.32. The molecule has 0 saturated carbocycles. The maximum absolute atomic E-state index is 12.4. The Morgan fingerprint density at radius 1 is 1.11 bits per heavy atom. The van der Waals surface area contributed by atoms with Crippen molar-refractivity contribution in [2.75, 3.05) is 0 Å². The average molecular weight is 268 g/mol. The molecule has 2 rings (SSSR count). The lowest BCUT2D eigenvalue weighted by Crippen LogP contribution is -2.04. The van der Waals surface area contributed by atoms with Gasteiger partial charge in [-0.25, -0.2) is 0 Å². The highest BCUT2D eigenvalue weighted by Gasteiger charge is 2.30. The summed E-state index contributed by atoms with van der Waals surface area (Å²) in [5.74, 6) is 0.737. The van der Waals surface area contributed by atoms with Gasteiger partial charge in [-0.3, -0.25) is 4.98 Å². The Balaban J connectivity index is 2.20. The van der Waals surface area contributed by atoms with Crippen LogP contribution in [0, 0.1) is 0 Å². The van der Waals surface area contributed by atoms with Gasteiger partial charge in [0, 0.05) is 12.7 Å². The second kappa shape index (κ2) is 5.27. The van der Waals surface area contributed by atoms with Crippen molar-refractivity contribution in [3.05, 3.63) is 53.9 Å². The number of benzene rings is 1. The molecule has 0 fully saturated rings. The third-order valence-electron chi connectivity index (χ3n) is 2.45. The van der Waals surface area contributed by atoms with Gasteiger partial charge in [-0.05, 0) is 36.4 Å². The fourth-order valence-electron chi connectivity index (χ4n) is 1.51. The minimum Gasteiger partial charge on any atom is -0.455 e. The monoisotopic (exact) mass is 268 g/mol. The molecule has 2 N–H and O–H groups in total. The van der Waals surface area contributed by atoms with E-state index in [-0.39, 0.29) is 6.54 Å². The molecule has 0 atom stereocenters. The second-order valence-corrected chi connectivity index (χ2v) is 3.78. The van der Waals surface area contributed by atoms with Crippen LogP contribution in [0.5, 0.6) is 11.5 Å². The van der Waals surface area contributed by atoms with Crippen LogP contribution in [0.1, 0.15) is 11.3 Å². The second-order valence-electron chi connectivity index (χ2n) is 3.78. The number of hydrogen-bond acceptors (Lipinski definition) is 3. The lowest BCUT2D eigenvalue weighted by atomic mass is 10.2. The fraction of sp³-hybridized carbons (Fsp3) is 0.154. The summed E-state index contributed by atoms with van der Waals surface area (Å²) >= 11 is 0. The topological polar surface area (TPSA) is 48.1 Å². The first-order valence-corrected chi connectivity index (χ1v) is 5.50.